The minimum Gasteiger partial charge on any atom is -0.444 e. The van der Waals surface area contributed by atoms with Crippen LogP contribution in [0.15, 0.2) is 24.3 Å². The molecule has 1 unspecified atom stereocenters. The van der Waals surface area contributed by atoms with Gasteiger partial charge in [0.25, 0.3) is 0 Å². The molecule has 0 saturated heterocycles. The van der Waals surface area contributed by atoms with Crippen LogP contribution in [0.2, 0.25) is 5.02 Å². The van der Waals surface area contributed by atoms with Crippen molar-refractivity contribution in [1.29, 1.82) is 0 Å². The van der Waals surface area contributed by atoms with E-state index in [1.54, 1.807) is 11.8 Å². The number of nitrogens with one attached hydrogen (secondary N) is 1. The van der Waals surface area contributed by atoms with E-state index >= 15 is 0 Å². The average Bonchev–Trinajstić information content (AvgIpc) is 2.26. The number of thioether (sulfide) groups is 1. The van der Waals surface area contributed by atoms with Gasteiger partial charge >= 0.3 is 6.09 Å². The lowest BCUT2D eigenvalue weighted by molar-refractivity contribution is 0.0509. The fourth-order valence-corrected chi connectivity index (χ4v) is 2.45. The van der Waals surface area contributed by atoms with Crippen LogP contribution in [-0.2, 0) is 4.74 Å². The van der Waals surface area contributed by atoms with Crippen LogP contribution in [0.3, 0.4) is 0 Å². The van der Waals surface area contributed by atoms with Gasteiger partial charge in [0.2, 0.25) is 0 Å². The fourth-order valence-electron chi connectivity index (χ4n) is 1.58. The molecule has 19 heavy (non-hydrogen) atoms. The van der Waals surface area contributed by atoms with E-state index in [1.165, 1.54) is 0 Å². The van der Waals surface area contributed by atoms with Crippen LogP contribution in [-0.4, -0.2) is 23.7 Å². The van der Waals surface area contributed by atoms with Crippen molar-refractivity contribution >= 4 is 29.5 Å². The van der Waals surface area contributed by atoms with Crippen molar-refractivity contribution in [2.75, 3.05) is 12.0 Å². The summed E-state index contributed by atoms with van der Waals surface area (Å²) >= 11 is 7.81. The number of halogens is 1. The monoisotopic (exact) mass is 301 g/mol. The Morgan fingerprint density at radius 2 is 2.05 bits per heavy atom. The van der Waals surface area contributed by atoms with Crippen LogP contribution in [0.5, 0.6) is 0 Å². The number of amides is 1. The van der Waals surface area contributed by atoms with Gasteiger partial charge in [-0.25, -0.2) is 4.79 Å². The first-order valence-electron chi connectivity index (χ1n) is 6.06. The maximum absolute atomic E-state index is 11.8. The Bertz CT molecular complexity index is 432. The van der Waals surface area contributed by atoms with Gasteiger partial charge in [-0.2, -0.15) is 11.8 Å². The van der Waals surface area contributed by atoms with Crippen molar-refractivity contribution in [2.24, 2.45) is 0 Å². The molecular formula is C14H20ClNO2S. The van der Waals surface area contributed by atoms with Crippen molar-refractivity contribution in [3.05, 3.63) is 34.9 Å². The van der Waals surface area contributed by atoms with Crippen molar-refractivity contribution < 1.29 is 9.53 Å². The number of ether oxygens (including phenoxy) is 1. The minimum absolute atomic E-state index is 0.154. The molecule has 0 bridgehead atoms. The lowest BCUT2D eigenvalue weighted by Gasteiger charge is -2.24. The number of rotatable bonds is 4. The third kappa shape index (κ3) is 5.74. The van der Waals surface area contributed by atoms with Crippen LogP contribution >= 0.6 is 23.4 Å². The highest BCUT2D eigenvalue weighted by atomic mass is 35.5. The first kappa shape index (κ1) is 16.2. The largest absolute Gasteiger partial charge is 0.444 e. The van der Waals surface area contributed by atoms with Crippen molar-refractivity contribution in [3.63, 3.8) is 0 Å². The van der Waals surface area contributed by atoms with Crippen LogP contribution in [0.25, 0.3) is 0 Å². The molecule has 0 aliphatic heterocycles. The zero-order valence-electron chi connectivity index (χ0n) is 11.7. The topological polar surface area (TPSA) is 38.3 Å². The molecule has 1 aromatic carbocycles. The predicted molar refractivity (Wildman–Crippen MR) is 81.9 cm³/mol. The van der Waals surface area contributed by atoms with E-state index in [2.05, 4.69) is 5.32 Å². The van der Waals surface area contributed by atoms with E-state index in [9.17, 15) is 4.79 Å². The zero-order chi connectivity index (χ0) is 14.5. The number of hydrogen-bond acceptors (Lipinski definition) is 3. The Kier molecular flexibility index (Phi) is 6.01. The standard InChI is InChI=1S/C14H20ClNO2S/c1-14(2,3)18-13(17)16-12(9-19-4)10-7-5-6-8-11(10)15/h5-8,12H,9H2,1-4H3,(H,16,17). The summed E-state index contributed by atoms with van der Waals surface area (Å²) in [5.74, 6) is 0.739. The van der Waals surface area contributed by atoms with E-state index in [0.717, 1.165) is 11.3 Å². The van der Waals surface area contributed by atoms with Gasteiger partial charge in [0.05, 0.1) is 6.04 Å². The van der Waals surface area contributed by atoms with Gasteiger partial charge in [0.1, 0.15) is 5.60 Å². The quantitative estimate of drug-likeness (QED) is 0.902. The van der Waals surface area contributed by atoms with Gasteiger partial charge in [-0.15, -0.1) is 0 Å². The molecule has 3 nitrogen and oxygen atoms in total. The first-order valence-corrected chi connectivity index (χ1v) is 7.83. The van der Waals surface area contributed by atoms with E-state index in [4.69, 9.17) is 16.3 Å². The summed E-state index contributed by atoms with van der Waals surface area (Å²) < 4.78 is 5.27. The summed E-state index contributed by atoms with van der Waals surface area (Å²) in [4.78, 5) is 11.8. The second kappa shape index (κ2) is 7.06. The molecule has 1 aromatic rings. The van der Waals surface area contributed by atoms with Gasteiger partial charge in [-0.1, -0.05) is 29.8 Å². The second-order valence-electron chi connectivity index (χ2n) is 5.18. The van der Waals surface area contributed by atoms with Crippen LogP contribution < -0.4 is 5.32 Å². The number of benzene rings is 1. The minimum atomic E-state index is -0.505. The molecule has 1 N–H and O–H groups in total. The summed E-state index contributed by atoms with van der Waals surface area (Å²) in [7, 11) is 0. The van der Waals surface area contributed by atoms with E-state index in [-0.39, 0.29) is 6.04 Å². The molecule has 5 heteroatoms. The van der Waals surface area contributed by atoms with Crippen LogP contribution in [0.1, 0.15) is 32.4 Å². The molecule has 1 atom stereocenters. The van der Waals surface area contributed by atoms with Gasteiger partial charge < -0.3 is 10.1 Å². The van der Waals surface area contributed by atoms with E-state index < -0.39 is 11.7 Å². The van der Waals surface area contributed by atoms with Crippen molar-refractivity contribution in [1.82, 2.24) is 5.32 Å². The van der Waals surface area contributed by atoms with Gasteiger partial charge in [-0.05, 0) is 38.7 Å². The highest BCUT2D eigenvalue weighted by molar-refractivity contribution is 7.98. The molecule has 1 amide bonds. The van der Waals surface area contributed by atoms with Crippen LogP contribution in [0.4, 0.5) is 4.79 Å². The summed E-state index contributed by atoms with van der Waals surface area (Å²) in [5.41, 5.74) is 0.401. The highest BCUT2D eigenvalue weighted by Crippen LogP contribution is 2.25. The van der Waals surface area contributed by atoms with E-state index in [1.807, 2.05) is 51.3 Å². The third-order valence-corrected chi connectivity index (χ3v) is 3.32. The van der Waals surface area contributed by atoms with Crippen molar-refractivity contribution in [3.8, 4) is 0 Å². The van der Waals surface area contributed by atoms with Gasteiger partial charge in [-0.3, -0.25) is 0 Å². The lowest BCUT2D eigenvalue weighted by Crippen LogP contribution is -2.36. The molecule has 0 aromatic heterocycles. The Labute approximate surface area is 124 Å². The summed E-state index contributed by atoms with van der Waals surface area (Å²) in [6.07, 6.45) is 1.56. The maximum Gasteiger partial charge on any atom is 0.408 e. The predicted octanol–water partition coefficient (Wildman–Crippen LogP) is 4.27. The average molecular weight is 302 g/mol. The maximum atomic E-state index is 11.8. The number of alkyl carbamates (subject to hydrolysis) is 1. The molecule has 0 saturated carbocycles. The molecular weight excluding hydrogens is 282 g/mol. The molecule has 0 aliphatic rings. The molecule has 0 fully saturated rings. The SMILES string of the molecule is CSCC(NC(=O)OC(C)(C)C)c1ccccc1Cl. The highest BCUT2D eigenvalue weighted by Gasteiger charge is 2.21. The van der Waals surface area contributed by atoms with E-state index in [0.29, 0.717) is 5.02 Å². The summed E-state index contributed by atoms with van der Waals surface area (Å²) in [5, 5.41) is 3.52. The third-order valence-electron chi connectivity index (χ3n) is 2.30. The number of carbonyl (C=O) groups excluding carboxylic acids is 1. The fraction of sp³-hybridized carbons (Fsp3) is 0.500. The molecule has 0 heterocycles. The Balaban J connectivity index is 2.79. The molecule has 0 aliphatic carbocycles. The van der Waals surface area contributed by atoms with Crippen LogP contribution in [0, 0.1) is 0 Å². The Morgan fingerprint density at radius 3 is 2.58 bits per heavy atom. The molecule has 0 radical (unpaired) electrons. The number of carbonyl (C=O) groups is 1. The smallest absolute Gasteiger partial charge is 0.408 e. The first-order chi connectivity index (χ1) is 8.83. The Morgan fingerprint density at radius 1 is 1.42 bits per heavy atom. The number of hydrogen-bond donors (Lipinski definition) is 1. The summed E-state index contributed by atoms with van der Waals surface area (Å²) in [6, 6.07) is 7.36. The van der Waals surface area contributed by atoms with Gasteiger partial charge in [0, 0.05) is 10.8 Å². The normalized spacial score (nSPS) is 12.9. The Hall–Kier alpha value is -0.870. The lowest BCUT2D eigenvalue weighted by atomic mass is 10.1. The molecule has 0 spiro atoms. The van der Waals surface area contributed by atoms with Crippen molar-refractivity contribution in [2.45, 2.75) is 32.4 Å². The molecule has 106 valence electrons. The molecule has 1 rings (SSSR count). The van der Waals surface area contributed by atoms with Gasteiger partial charge in [0.15, 0.2) is 0 Å². The second-order valence-corrected chi connectivity index (χ2v) is 6.49. The summed E-state index contributed by atoms with van der Waals surface area (Å²) in [6.45, 7) is 5.52. The zero-order valence-corrected chi connectivity index (χ0v) is 13.3.